The number of fused-ring (bicyclic) bond motifs is 1. The average Bonchev–Trinajstić information content (AvgIpc) is 2.63. The number of rotatable bonds is 3. The number of amides is 1. The van der Waals surface area contributed by atoms with Crippen LogP contribution in [0.1, 0.15) is 20.8 Å². The van der Waals surface area contributed by atoms with Crippen molar-refractivity contribution in [2.45, 2.75) is 32.9 Å². The topological polar surface area (TPSA) is 93.5 Å². The maximum absolute atomic E-state index is 11.9. The van der Waals surface area contributed by atoms with Crippen molar-refractivity contribution >= 4 is 44.7 Å². The molecule has 0 aliphatic carbocycles. The first-order valence-corrected chi connectivity index (χ1v) is 7.33. The Kier molecular flexibility index (Phi) is 4.41. The molecule has 118 valence electrons. The van der Waals surface area contributed by atoms with Gasteiger partial charge in [-0.15, -0.1) is 0 Å². The van der Waals surface area contributed by atoms with Crippen molar-refractivity contribution in [1.29, 1.82) is 0 Å². The molecule has 1 aromatic carbocycles. The van der Waals surface area contributed by atoms with E-state index in [1.807, 2.05) is 0 Å². The summed E-state index contributed by atoms with van der Waals surface area (Å²) in [6, 6.07) is 5.28. The van der Waals surface area contributed by atoms with Crippen molar-refractivity contribution in [3.8, 4) is 0 Å². The van der Waals surface area contributed by atoms with Crippen molar-refractivity contribution in [2.75, 3.05) is 5.32 Å². The van der Waals surface area contributed by atoms with E-state index in [1.165, 1.54) is 4.68 Å². The zero-order valence-corrected chi connectivity index (χ0v) is 14.0. The van der Waals surface area contributed by atoms with E-state index in [2.05, 4.69) is 26.3 Å². The lowest BCUT2D eigenvalue weighted by atomic mass is 10.2. The molecular weight excluding hydrogens is 354 g/mol. The highest BCUT2D eigenvalue weighted by molar-refractivity contribution is 9.10. The van der Waals surface area contributed by atoms with Crippen LogP contribution < -0.4 is 5.32 Å². The SMILES string of the molecule is CC(C)(C)OC(=O)Nc1nn(CC(=O)O)c2cc(Br)ccc12. The van der Waals surface area contributed by atoms with Gasteiger partial charge in [-0.1, -0.05) is 15.9 Å². The third-order valence-corrected chi connectivity index (χ3v) is 3.11. The summed E-state index contributed by atoms with van der Waals surface area (Å²) < 4.78 is 7.28. The molecule has 0 saturated carbocycles. The Morgan fingerprint density at radius 2 is 2.09 bits per heavy atom. The molecule has 2 rings (SSSR count). The molecule has 2 aromatic rings. The van der Waals surface area contributed by atoms with Crippen LogP contribution in [0.4, 0.5) is 10.6 Å². The molecule has 0 radical (unpaired) electrons. The summed E-state index contributed by atoms with van der Waals surface area (Å²) in [6.45, 7) is 4.96. The first-order chi connectivity index (χ1) is 10.2. The van der Waals surface area contributed by atoms with Crippen molar-refractivity contribution in [1.82, 2.24) is 9.78 Å². The van der Waals surface area contributed by atoms with Gasteiger partial charge in [0.15, 0.2) is 5.82 Å². The summed E-state index contributed by atoms with van der Waals surface area (Å²) in [5, 5.41) is 16.3. The number of halogens is 1. The van der Waals surface area contributed by atoms with Crippen molar-refractivity contribution in [3.05, 3.63) is 22.7 Å². The van der Waals surface area contributed by atoms with E-state index in [-0.39, 0.29) is 12.4 Å². The molecular formula is C14H16BrN3O4. The van der Waals surface area contributed by atoms with Gasteiger partial charge in [-0.05, 0) is 39.0 Å². The second-order valence-electron chi connectivity index (χ2n) is 5.69. The first-order valence-electron chi connectivity index (χ1n) is 6.53. The van der Waals surface area contributed by atoms with Crippen LogP contribution in [0.5, 0.6) is 0 Å². The van der Waals surface area contributed by atoms with E-state index in [0.29, 0.717) is 10.9 Å². The number of aromatic nitrogens is 2. The van der Waals surface area contributed by atoms with Gasteiger partial charge in [0.2, 0.25) is 0 Å². The molecule has 0 fully saturated rings. The number of ether oxygens (including phenoxy) is 1. The number of carboxylic acid groups (broad SMARTS) is 1. The number of hydrogen-bond acceptors (Lipinski definition) is 4. The molecule has 0 spiro atoms. The van der Waals surface area contributed by atoms with Gasteiger partial charge in [0.05, 0.1) is 5.52 Å². The van der Waals surface area contributed by atoms with Gasteiger partial charge in [0.25, 0.3) is 0 Å². The summed E-state index contributed by atoms with van der Waals surface area (Å²) in [7, 11) is 0. The van der Waals surface area contributed by atoms with E-state index in [0.717, 1.165) is 4.47 Å². The predicted octanol–water partition coefficient (Wildman–Crippen LogP) is 3.23. The van der Waals surface area contributed by atoms with Gasteiger partial charge in [-0.25, -0.2) is 4.79 Å². The van der Waals surface area contributed by atoms with Crippen LogP contribution in [0.3, 0.4) is 0 Å². The van der Waals surface area contributed by atoms with Crippen LogP contribution in [0.15, 0.2) is 22.7 Å². The molecule has 2 N–H and O–H groups in total. The molecule has 22 heavy (non-hydrogen) atoms. The number of carboxylic acids is 1. The Morgan fingerprint density at radius 1 is 1.41 bits per heavy atom. The second-order valence-corrected chi connectivity index (χ2v) is 6.60. The number of nitrogens with zero attached hydrogens (tertiary/aromatic N) is 2. The van der Waals surface area contributed by atoms with Crippen molar-refractivity contribution < 1.29 is 19.4 Å². The monoisotopic (exact) mass is 369 g/mol. The lowest BCUT2D eigenvalue weighted by molar-refractivity contribution is -0.137. The number of hydrogen-bond donors (Lipinski definition) is 2. The summed E-state index contributed by atoms with van der Waals surface area (Å²) in [4.78, 5) is 22.8. The highest BCUT2D eigenvalue weighted by Gasteiger charge is 2.19. The highest BCUT2D eigenvalue weighted by atomic mass is 79.9. The smallest absolute Gasteiger partial charge is 0.413 e. The number of anilines is 1. The highest BCUT2D eigenvalue weighted by Crippen LogP contribution is 2.26. The fourth-order valence-corrected chi connectivity index (χ4v) is 2.24. The Balaban J connectivity index is 2.37. The fraction of sp³-hybridized carbons (Fsp3) is 0.357. The van der Waals surface area contributed by atoms with Gasteiger partial charge in [-0.3, -0.25) is 14.8 Å². The molecule has 0 bridgehead atoms. The Labute approximate surface area is 135 Å². The molecule has 0 atom stereocenters. The summed E-state index contributed by atoms with van der Waals surface area (Å²) in [5.41, 5.74) is -0.0325. The summed E-state index contributed by atoms with van der Waals surface area (Å²) in [6.07, 6.45) is -0.641. The Morgan fingerprint density at radius 3 is 2.68 bits per heavy atom. The molecule has 7 nitrogen and oxygen atoms in total. The molecule has 0 unspecified atom stereocenters. The zero-order valence-electron chi connectivity index (χ0n) is 12.4. The standard InChI is InChI=1S/C14H16BrN3O4/c1-14(2,3)22-13(21)16-12-9-5-4-8(15)6-10(9)18(17-12)7-11(19)20/h4-6H,7H2,1-3H3,(H,19,20)(H,16,17,21). The Hall–Kier alpha value is -2.09. The number of aliphatic carboxylic acids is 1. The molecule has 1 heterocycles. The van der Waals surface area contributed by atoms with E-state index in [9.17, 15) is 9.59 Å². The van der Waals surface area contributed by atoms with Gasteiger partial charge in [-0.2, -0.15) is 5.10 Å². The lowest BCUT2D eigenvalue weighted by Gasteiger charge is -2.19. The van der Waals surface area contributed by atoms with Gasteiger partial charge >= 0.3 is 12.1 Å². The largest absolute Gasteiger partial charge is 0.480 e. The maximum atomic E-state index is 11.9. The third kappa shape index (κ3) is 3.97. The minimum absolute atomic E-state index is 0.262. The van der Waals surface area contributed by atoms with Gasteiger partial charge in [0.1, 0.15) is 12.1 Å². The van der Waals surface area contributed by atoms with E-state index >= 15 is 0 Å². The third-order valence-electron chi connectivity index (χ3n) is 2.62. The quantitative estimate of drug-likeness (QED) is 0.865. The zero-order chi connectivity index (χ0) is 16.5. The first kappa shape index (κ1) is 16.3. The van der Waals surface area contributed by atoms with Gasteiger partial charge < -0.3 is 9.84 Å². The molecule has 8 heteroatoms. The van der Waals surface area contributed by atoms with Crippen LogP contribution in [0.2, 0.25) is 0 Å². The minimum Gasteiger partial charge on any atom is -0.480 e. The molecule has 0 aliphatic rings. The van der Waals surface area contributed by atoms with Crippen LogP contribution in [0, 0.1) is 0 Å². The molecule has 0 saturated heterocycles. The Bertz CT molecular complexity index is 733. The van der Waals surface area contributed by atoms with Crippen LogP contribution >= 0.6 is 15.9 Å². The summed E-state index contributed by atoms with van der Waals surface area (Å²) >= 11 is 3.33. The normalized spacial score (nSPS) is 11.5. The molecule has 1 aromatic heterocycles. The minimum atomic E-state index is -1.02. The van der Waals surface area contributed by atoms with E-state index in [1.54, 1.807) is 39.0 Å². The van der Waals surface area contributed by atoms with Crippen molar-refractivity contribution in [2.24, 2.45) is 0 Å². The fourth-order valence-electron chi connectivity index (χ4n) is 1.89. The van der Waals surface area contributed by atoms with Crippen LogP contribution in [0.25, 0.3) is 10.9 Å². The average molecular weight is 370 g/mol. The second kappa shape index (κ2) is 5.96. The molecule has 1 amide bonds. The van der Waals surface area contributed by atoms with Crippen molar-refractivity contribution in [3.63, 3.8) is 0 Å². The molecule has 0 aliphatic heterocycles. The van der Waals surface area contributed by atoms with Gasteiger partial charge in [0, 0.05) is 9.86 Å². The number of carbonyl (C=O) groups is 2. The summed E-state index contributed by atoms with van der Waals surface area (Å²) in [5.74, 6) is -0.758. The lowest BCUT2D eigenvalue weighted by Crippen LogP contribution is -2.27. The maximum Gasteiger partial charge on any atom is 0.413 e. The van der Waals surface area contributed by atoms with Crippen LogP contribution in [-0.2, 0) is 16.1 Å². The van der Waals surface area contributed by atoms with E-state index in [4.69, 9.17) is 9.84 Å². The number of carbonyl (C=O) groups excluding carboxylic acids is 1. The number of benzene rings is 1. The predicted molar refractivity (Wildman–Crippen MR) is 84.9 cm³/mol. The number of nitrogens with one attached hydrogen (secondary N) is 1. The van der Waals surface area contributed by atoms with Crippen LogP contribution in [-0.4, -0.2) is 32.6 Å². The van der Waals surface area contributed by atoms with E-state index < -0.39 is 17.7 Å².